The minimum atomic E-state index is -2.96. The van der Waals surface area contributed by atoms with Crippen molar-refractivity contribution < 1.29 is 17.9 Å². The lowest BCUT2D eigenvalue weighted by Gasteiger charge is -2.19. The molecule has 0 aliphatic rings. The van der Waals surface area contributed by atoms with Gasteiger partial charge in [0, 0.05) is 42.0 Å². The van der Waals surface area contributed by atoms with Crippen LogP contribution in [0.15, 0.2) is 24.3 Å². The summed E-state index contributed by atoms with van der Waals surface area (Å²) in [7, 11) is 1.61. The topological polar surface area (TPSA) is 85.1 Å². The number of hydrogen-bond donors (Lipinski definition) is 3. The van der Waals surface area contributed by atoms with Crippen LogP contribution in [0.4, 0.5) is 30.4 Å². The molecule has 1 radical (unpaired) electrons. The maximum atomic E-state index is 14.7. The van der Waals surface area contributed by atoms with E-state index in [1.54, 1.807) is 27.0 Å². The van der Waals surface area contributed by atoms with Gasteiger partial charge in [0.05, 0.1) is 23.7 Å². The Morgan fingerprint density at radius 1 is 1.20 bits per heavy atom. The molecule has 0 bridgehead atoms. The quantitative estimate of drug-likeness (QED) is 0.365. The smallest absolute Gasteiger partial charge is 0.266 e. The second-order valence-electron chi connectivity index (χ2n) is 6.86. The second kappa shape index (κ2) is 9.17. The number of methoxy groups -OCH3 is 1. The summed E-state index contributed by atoms with van der Waals surface area (Å²) < 4.78 is 46.0. The number of nitrogen functional groups attached to an aromatic ring is 1. The zero-order chi connectivity index (χ0) is 21.8. The molecule has 30 heavy (non-hydrogen) atoms. The molecular weight excluding hydrogens is 395 g/mol. The van der Waals surface area contributed by atoms with Crippen LogP contribution in [0.2, 0.25) is 0 Å². The molecular formula is C21H23F3N5O. The highest BCUT2D eigenvalue weighted by molar-refractivity contribution is 5.91. The van der Waals surface area contributed by atoms with E-state index in [1.165, 1.54) is 6.07 Å². The lowest BCUT2D eigenvalue weighted by molar-refractivity contribution is 0.146. The van der Waals surface area contributed by atoms with E-state index in [2.05, 4.69) is 26.7 Å². The van der Waals surface area contributed by atoms with E-state index in [9.17, 15) is 13.2 Å². The molecule has 0 aliphatic heterocycles. The first kappa shape index (κ1) is 21.6. The number of halogens is 3. The summed E-state index contributed by atoms with van der Waals surface area (Å²) in [5.74, 6) is -0.0224. The predicted octanol–water partition coefficient (Wildman–Crippen LogP) is 4.63. The van der Waals surface area contributed by atoms with E-state index < -0.39 is 23.8 Å². The van der Waals surface area contributed by atoms with Crippen LogP contribution in [0.5, 0.6) is 0 Å². The molecule has 6 nitrogen and oxygen atoms in total. The Morgan fingerprint density at radius 2 is 1.93 bits per heavy atom. The van der Waals surface area contributed by atoms with Crippen LogP contribution in [0, 0.1) is 18.8 Å². The average Bonchev–Trinajstić information content (AvgIpc) is 2.69. The fraction of sp³-hybridized carbons (Fsp3) is 0.333. The second-order valence-corrected chi connectivity index (χ2v) is 6.86. The lowest BCUT2D eigenvalue weighted by Crippen LogP contribution is -2.13. The van der Waals surface area contributed by atoms with E-state index in [1.807, 2.05) is 6.07 Å². The number of fused-ring (bicyclic) bond motifs is 1. The van der Waals surface area contributed by atoms with Gasteiger partial charge in [-0.2, -0.15) is 0 Å². The Hall–Kier alpha value is -3.07. The lowest BCUT2D eigenvalue weighted by atomic mass is 10.0. The fourth-order valence-electron chi connectivity index (χ4n) is 3.14. The highest BCUT2D eigenvalue weighted by Crippen LogP contribution is 2.32. The summed E-state index contributed by atoms with van der Waals surface area (Å²) in [5, 5.41) is 6.97. The summed E-state index contributed by atoms with van der Waals surface area (Å²) >= 11 is 0. The normalized spacial score (nSPS) is 12.4. The number of ether oxygens (including phenoxy) is 1. The number of alkyl halides is 2. The first-order chi connectivity index (χ1) is 14.3. The van der Waals surface area contributed by atoms with Gasteiger partial charge in [-0.25, -0.2) is 23.1 Å². The third-order valence-corrected chi connectivity index (χ3v) is 4.57. The third kappa shape index (κ3) is 4.73. The summed E-state index contributed by atoms with van der Waals surface area (Å²) in [5.41, 5.74) is 6.47. The van der Waals surface area contributed by atoms with Crippen molar-refractivity contribution in [1.29, 1.82) is 0 Å². The number of nitrogens with zero attached hydrogens (tertiary/aromatic N) is 2. The van der Waals surface area contributed by atoms with Gasteiger partial charge in [-0.1, -0.05) is 0 Å². The molecule has 159 valence electrons. The van der Waals surface area contributed by atoms with Gasteiger partial charge < -0.3 is 21.1 Å². The molecule has 3 aromatic rings. The van der Waals surface area contributed by atoms with Gasteiger partial charge >= 0.3 is 0 Å². The molecule has 1 aromatic heterocycles. The Labute approximate surface area is 172 Å². The standard InChI is InChI=1S/C21H23F3N5O/c1-11(15-8-13(25)9-17(19(15)22)20(23)24)27-21-16-10-14(26-6-7-30-3)4-5-18(16)28-12(2)29-21/h5,8-11,20,26H,6-7,25H2,1-3H3,(H,27,28,29)/t11-/m1/s1. The van der Waals surface area contributed by atoms with Crippen LogP contribution in [0.1, 0.15) is 36.3 Å². The molecule has 4 N–H and O–H groups in total. The number of aryl methyl sites for hydroxylation is 1. The van der Waals surface area contributed by atoms with Gasteiger partial charge in [0.25, 0.3) is 6.43 Å². The molecule has 0 saturated heterocycles. The van der Waals surface area contributed by atoms with Crippen LogP contribution in [0.25, 0.3) is 10.9 Å². The van der Waals surface area contributed by atoms with E-state index in [4.69, 9.17) is 10.5 Å². The minimum absolute atomic E-state index is 0.0376. The van der Waals surface area contributed by atoms with Crippen LogP contribution >= 0.6 is 0 Å². The number of rotatable bonds is 8. The van der Waals surface area contributed by atoms with Gasteiger partial charge in [-0.3, -0.25) is 0 Å². The van der Waals surface area contributed by atoms with Crippen molar-refractivity contribution in [2.75, 3.05) is 36.6 Å². The van der Waals surface area contributed by atoms with Crippen LogP contribution in [-0.4, -0.2) is 30.2 Å². The minimum Gasteiger partial charge on any atom is -0.399 e. The maximum absolute atomic E-state index is 14.7. The summed E-state index contributed by atoms with van der Waals surface area (Å²) in [6.07, 6.45) is -2.96. The van der Waals surface area contributed by atoms with E-state index in [0.717, 1.165) is 11.8 Å². The van der Waals surface area contributed by atoms with E-state index in [-0.39, 0.29) is 11.3 Å². The Balaban J connectivity index is 1.97. The van der Waals surface area contributed by atoms with Gasteiger partial charge in [0.1, 0.15) is 17.5 Å². The number of benzene rings is 2. The SMILES string of the molecule is COCCNc1[c]cc2nc(C)nc(N[C@H](C)c3cc(N)cc(C(F)F)c3F)c2c1. The molecule has 0 aliphatic carbocycles. The number of aromatic nitrogens is 2. The first-order valence-electron chi connectivity index (χ1n) is 9.36. The van der Waals surface area contributed by atoms with Crippen molar-refractivity contribution in [2.24, 2.45) is 0 Å². The van der Waals surface area contributed by atoms with Crippen molar-refractivity contribution >= 4 is 28.1 Å². The zero-order valence-electron chi connectivity index (χ0n) is 16.9. The van der Waals surface area contributed by atoms with Crippen LogP contribution in [0.3, 0.4) is 0 Å². The monoisotopic (exact) mass is 418 g/mol. The molecule has 9 heteroatoms. The van der Waals surface area contributed by atoms with E-state index >= 15 is 0 Å². The molecule has 0 saturated carbocycles. The molecule has 2 aromatic carbocycles. The van der Waals surface area contributed by atoms with Gasteiger partial charge in [-0.05, 0) is 38.1 Å². The summed E-state index contributed by atoms with van der Waals surface area (Å²) in [6, 6.07) is 8.28. The largest absolute Gasteiger partial charge is 0.399 e. The third-order valence-electron chi connectivity index (χ3n) is 4.57. The number of nitrogens with two attached hydrogens (primary N) is 1. The van der Waals surface area contributed by atoms with Crippen molar-refractivity contribution in [1.82, 2.24) is 9.97 Å². The highest BCUT2D eigenvalue weighted by atomic mass is 19.3. The molecule has 1 atom stereocenters. The van der Waals surface area contributed by atoms with Crippen LogP contribution < -0.4 is 16.4 Å². The highest BCUT2D eigenvalue weighted by Gasteiger charge is 2.22. The van der Waals surface area contributed by atoms with Gasteiger partial charge in [-0.15, -0.1) is 0 Å². The molecule has 0 spiro atoms. The maximum Gasteiger partial charge on any atom is 0.266 e. The zero-order valence-corrected chi connectivity index (χ0v) is 16.9. The Kier molecular flexibility index (Phi) is 6.61. The number of hydrogen-bond acceptors (Lipinski definition) is 6. The molecule has 3 rings (SSSR count). The molecule has 1 heterocycles. The van der Waals surface area contributed by atoms with Gasteiger partial charge in [0.2, 0.25) is 0 Å². The summed E-state index contributed by atoms with van der Waals surface area (Å²) in [4.78, 5) is 8.82. The number of anilines is 3. The summed E-state index contributed by atoms with van der Waals surface area (Å²) in [6.45, 7) is 4.51. The molecule has 0 unspecified atom stereocenters. The fourth-order valence-corrected chi connectivity index (χ4v) is 3.14. The van der Waals surface area contributed by atoms with Crippen molar-refractivity contribution in [3.05, 3.63) is 53.1 Å². The Bertz CT molecular complexity index is 1040. The van der Waals surface area contributed by atoms with Crippen molar-refractivity contribution in [2.45, 2.75) is 26.3 Å². The van der Waals surface area contributed by atoms with Crippen molar-refractivity contribution in [3.8, 4) is 0 Å². The van der Waals surface area contributed by atoms with E-state index in [0.29, 0.717) is 35.7 Å². The van der Waals surface area contributed by atoms with Crippen LogP contribution in [-0.2, 0) is 4.74 Å². The Morgan fingerprint density at radius 3 is 2.63 bits per heavy atom. The molecule has 0 fully saturated rings. The first-order valence-corrected chi connectivity index (χ1v) is 9.36. The molecule has 0 amide bonds. The average molecular weight is 418 g/mol. The number of nitrogens with one attached hydrogen (secondary N) is 2. The van der Waals surface area contributed by atoms with Crippen molar-refractivity contribution in [3.63, 3.8) is 0 Å². The predicted molar refractivity (Wildman–Crippen MR) is 111 cm³/mol. The van der Waals surface area contributed by atoms with Gasteiger partial charge in [0.15, 0.2) is 0 Å².